The molecule has 7 nitrogen and oxygen atoms in total. The van der Waals surface area contributed by atoms with Crippen LogP contribution in [0.4, 0.5) is 5.69 Å². The van der Waals surface area contributed by atoms with Gasteiger partial charge in [0.05, 0.1) is 31.6 Å². The summed E-state index contributed by atoms with van der Waals surface area (Å²) in [4.78, 5) is 0. The summed E-state index contributed by atoms with van der Waals surface area (Å²) >= 11 is 7.73. The normalized spacial score (nSPS) is 10.9. The van der Waals surface area contributed by atoms with Gasteiger partial charge in [-0.3, -0.25) is 0 Å². The number of ether oxygens (including phenoxy) is 3. The Kier molecular flexibility index (Phi) is 7.16. The highest BCUT2D eigenvalue weighted by Crippen LogP contribution is 2.35. The predicted octanol–water partition coefficient (Wildman–Crippen LogP) is 6.62. The van der Waals surface area contributed by atoms with Gasteiger partial charge >= 0.3 is 0 Å². The van der Waals surface area contributed by atoms with Gasteiger partial charge in [0.15, 0.2) is 0 Å². The first-order chi connectivity index (χ1) is 17.6. The van der Waals surface area contributed by atoms with Crippen molar-refractivity contribution in [2.45, 2.75) is 13.2 Å². The Balaban J connectivity index is 1.41. The molecule has 0 aliphatic heterocycles. The van der Waals surface area contributed by atoms with E-state index in [4.69, 9.17) is 25.8 Å². The molecular weight excluding hydrogens is 496 g/mol. The van der Waals surface area contributed by atoms with Crippen molar-refractivity contribution in [3.05, 3.63) is 88.5 Å². The van der Waals surface area contributed by atoms with Crippen molar-refractivity contribution in [1.29, 1.82) is 0 Å². The lowest BCUT2D eigenvalue weighted by molar-refractivity contribution is 0.308. The van der Waals surface area contributed by atoms with Crippen LogP contribution in [0.5, 0.6) is 17.2 Å². The van der Waals surface area contributed by atoms with E-state index < -0.39 is 0 Å². The Labute approximate surface area is 217 Å². The smallest absolute Gasteiger partial charge is 0.127 e. The molecule has 2 aromatic heterocycles. The molecule has 5 rings (SSSR count). The van der Waals surface area contributed by atoms with Crippen LogP contribution in [0.15, 0.2) is 72.4 Å². The Hall–Kier alpha value is -3.88. The lowest BCUT2D eigenvalue weighted by atomic mass is 10.0. The lowest BCUT2D eigenvalue weighted by Gasteiger charge is -2.14. The van der Waals surface area contributed by atoms with Crippen molar-refractivity contribution in [1.82, 2.24) is 14.6 Å². The van der Waals surface area contributed by atoms with Crippen LogP contribution in [-0.2, 0) is 13.2 Å². The fourth-order valence-corrected chi connectivity index (χ4v) is 4.56. The van der Waals surface area contributed by atoms with E-state index in [0.717, 1.165) is 56.1 Å². The van der Waals surface area contributed by atoms with E-state index in [-0.39, 0.29) is 0 Å². The van der Waals surface area contributed by atoms with Crippen molar-refractivity contribution in [3.8, 4) is 28.4 Å². The first-order valence-corrected chi connectivity index (χ1v) is 12.4. The third-order valence-electron chi connectivity index (χ3n) is 5.73. The van der Waals surface area contributed by atoms with Gasteiger partial charge in [-0.25, -0.2) is 4.37 Å². The van der Waals surface area contributed by atoms with Crippen LogP contribution in [-0.4, -0.2) is 28.8 Å². The monoisotopic (exact) mass is 518 g/mol. The van der Waals surface area contributed by atoms with E-state index in [1.807, 2.05) is 66.2 Å². The second-order valence-electron chi connectivity index (χ2n) is 7.98. The molecule has 3 aromatic carbocycles. The van der Waals surface area contributed by atoms with Gasteiger partial charge in [-0.1, -0.05) is 17.7 Å². The minimum Gasteiger partial charge on any atom is -0.497 e. The zero-order valence-corrected chi connectivity index (χ0v) is 21.3. The molecule has 0 aliphatic carbocycles. The first kappa shape index (κ1) is 23.8. The summed E-state index contributed by atoms with van der Waals surface area (Å²) in [5.74, 6) is 2.23. The van der Waals surface area contributed by atoms with Crippen LogP contribution >= 0.6 is 23.1 Å². The quantitative estimate of drug-likeness (QED) is 0.235. The summed E-state index contributed by atoms with van der Waals surface area (Å²) < 4.78 is 21.0. The van der Waals surface area contributed by atoms with Gasteiger partial charge < -0.3 is 19.5 Å². The molecular formula is C27H23ClN4O3S. The van der Waals surface area contributed by atoms with Crippen molar-refractivity contribution < 1.29 is 14.2 Å². The summed E-state index contributed by atoms with van der Waals surface area (Å²) in [7, 11) is 3.28. The average Bonchev–Trinajstić information content (AvgIpc) is 3.44. The molecule has 9 heteroatoms. The summed E-state index contributed by atoms with van der Waals surface area (Å²) in [6.07, 6.45) is 3.53. The zero-order chi connectivity index (χ0) is 24.9. The van der Waals surface area contributed by atoms with Crippen LogP contribution in [0.1, 0.15) is 11.1 Å². The van der Waals surface area contributed by atoms with Gasteiger partial charge in [-0.15, -0.1) is 0 Å². The maximum atomic E-state index is 6.33. The van der Waals surface area contributed by atoms with E-state index in [0.29, 0.717) is 18.2 Å². The van der Waals surface area contributed by atoms with Crippen LogP contribution in [0.2, 0.25) is 5.02 Å². The van der Waals surface area contributed by atoms with E-state index in [9.17, 15) is 0 Å². The fourth-order valence-electron chi connectivity index (χ4n) is 3.87. The molecule has 2 heterocycles. The predicted molar refractivity (Wildman–Crippen MR) is 143 cm³/mol. The molecule has 0 aliphatic rings. The summed E-state index contributed by atoms with van der Waals surface area (Å²) in [5, 5.41) is 15.6. The second-order valence-corrected chi connectivity index (χ2v) is 9.08. The van der Waals surface area contributed by atoms with Crippen LogP contribution in [0, 0.1) is 0 Å². The van der Waals surface area contributed by atoms with E-state index in [1.54, 1.807) is 20.4 Å². The number of nitrogens with one attached hydrogen (secondary N) is 1. The van der Waals surface area contributed by atoms with Crippen molar-refractivity contribution >= 4 is 39.7 Å². The Morgan fingerprint density at radius 1 is 0.944 bits per heavy atom. The van der Waals surface area contributed by atoms with Crippen LogP contribution in [0.25, 0.3) is 22.0 Å². The Bertz CT molecular complexity index is 1490. The maximum Gasteiger partial charge on any atom is 0.127 e. The topological polar surface area (TPSA) is 78.4 Å². The highest BCUT2D eigenvalue weighted by atomic mass is 35.5. The number of benzene rings is 3. The number of fused-ring (bicyclic) bond motifs is 1. The molecule has 5 aromatic rings. The number of methoxy groups -OCH3 is 2. The zero-order valence-electron chi connectivity index (χ0n) is 19.7. The number of hydrogen-bond donors (Lipinski definition) is 1. The molecule has 0 spiro atoms. The number of anilines is 1. The first-order valence-electron chi connectivity index (χ1n) is 11.2. The van der Waals surface area contributed by atoms with Gasteiger partial charge in [-0.2, -0.15) is 10.2 Å². The SMILES string of the molecule is COc1ccc(CNc2cnnc3cc(-c4cc(Cl)ccc4OCc4cnsc4)ccc23)c(OC)c1. The standard InChI is InChI=1S/C27H23ClN4O3S/c1-33-21-6-3-19(27(11-21)34-2)13-29-25-14-30-32-24-9-18(4-7-22(24)25)23-10-20(28)5-8-26(23)35-15-17-12-31-36-16-17/h3-12,14,16H,13,15H2,1-2H3,(H,29,32). The Morgan fingerprint density at radius 3 is 2.67 bits per heavy atom. The maximum absolute atomic E-state index is 6.33. The molecule has 0 radical (unpaired) electrons. The second kappa shape index (κ2) is 10.8. The molecule has 0 saturated heterocycles. The number of aromatic nitrogens is 3. The molecule has 0 atom stereocenters. The molecule has 1 N–H and O–H groups in total. The highest BCUT2D eigenvalue weighted by Gasteiger charge is 2.12. The largest absolute Gasteiger partial charge is 0.497 e. The fraction of sp³-hybridized carbons (Fsp3) is 0.148. The number of halogens is 1. The third-order valence-corrected chi connectivity index (χ3v) is 6.60. The van der Waals surface area contributed by atoms with E-state index in [1.165, 1.54) is 11.5 Å². The van der Waals surface area contributed by atoms with Gasteiger partial charge in [0.2, 0.25) is 0 Å². The van der Waals surface area contributed by atoms with Gasteiger partial charge in [0.1, 0.15) is 23.9 Å². The molecule has 182 valence electrons. The lowest BCUT2D eigenvalue weighted by Crippen LogP contribution is -2.03. The average molecular weight is 519 g/mol. The van der Waals surface area contributed by atoms with Crippen molar-refractivity contribution in [3.63, 3.8) is 0 Å². The van der Waals surface area contributed by atoms with Crippen LogP contribution in [0.3, 0.4) is 0 Å². The number of nitrogens with zero attached hydrogens (tertiary/aromatic N) is 3. The number of hydrogen-bond acceptors (Lipinski definition) is 8. The molecule has 0 amide bonds. The summed E-state index contributed by atoms with van der Waals surface area (Å²) in [5.41, 5.74) is 5.47. The summed E-state index contributed by atoms with van der Waals surface area (Å²) in [6, 6.07) is 17.4. The molecule has 0 saturated carbocycles. The Morgan fingerprint density at radius 2 is 1.86 bits per heavy atom. The molecule has 0 bridgehead atoms. The van der Waals surface area contributed by atoms with Crippen molar-refractivity contribution in [2.75, 3.05) is 19.5 Å². The van der Waals surface area contributed by atoms with Gasteiger partial charge in [-0.05, 0) is 59.6 Å². The van der Waals surface area contributed by atoms with Gasteiger partial charge in [0, 0.05) is 51.3 Å². The molecule has 0 unspecified atom stereocenters. The van der Waals surface area contributed by atoms with Crippen LogP contribution < -0.4 is 19.5 Å². The molecule has 0 fully saturated rings. The number of rotatable bonds is 9. The van der Waals surface area contributed by atoms with E-state index >= 15 is 0 Å². The highest BCUT2D eigenvalue weighted by molar-refractivity contribution is 7.03. The third kappa shape index (κ3) is 5.19. The van der Waals surface area contributed by atoms with E-state index in [2.05, 4.69) is 19.9 Å². The molecule has 36 heavy (non-hydrogen) atoms. The minimum atomic E-state index is 0.432. The summed E-state index contributed by atoms with van der Waals surface area (Å²) in [6.45, 7) is 0.987. The van der Waals surface area contributed by atoms with Crippen molar-refractivity contribution in [2.24, 2.45) is 0 Å². The van der Waals surface area contributed by atoms with Gasteiger partial charge in [0.25, 0.3) is 0 Å². The minimum absolute atomic E-state index is 0.432.